The van der Waals surface area contributed by atoms with Gasteiger partial charge >= 0.3 is 11.9 Å². The standard InChI is InChI=1S/C30H22O4/c1-21(2)29(31)33-27-10-7-8-25(20-27)17-16-23-12-14-24(15-13-23)18-19-26-9-5-6-11-28(26)34-30(32)22(3)4/h5-15,20H,1,3H2,2,4H3. The van der Waals surface area contributed by atoms with Crippen molar-refractivity contribution in [3.05, 3.63) is 119 Å². The van der Waals surface area contributed by atoms with Crippen LogP contribution in [0.2, 0.25) is 0 Å². The molecule has 0 aromatic heterocycles. The maximum atomic E-state index is 11.8. The van der Waals surface area contributed by atoms with E-state index in [2.05, 4.69) is 36.8 Å². The van der Waals surface area contributed by atoms with Crippen LogP contribution in [0, 0.1) is 23.7 Å². The number of esters is 2. The van der Waals surface area contributed by atoms with E-state index in [0.29, 0.717) is 28.2 Å². The quantitative estimate of drug-likeness (QED) is 0.232. The zero-order valence-electron chi connectivity index (χ0n) is 19.0. The van der Waals surface area contributed by atoms with Crippen LogP contribution in [0.5, 0.6) is 11.5 Å². The highest BCUT2D eigenvalue weighted by atomic mass is 16.5. The highest BCUT2D eigenvalue weighted by Gasteiger charge is 2.08. The number of rotatable bonds is 4. The molecule has 0 atom stereocenters. The van der Waals surface area contributed by atoms with Crippen molar-refractivity contribution < 1.29 is 19.1 Å². The van der Waals surface area contributed by atoms with Gasteiger partial charge in [0.25, 0.3) is 0 Å². The van der Waals surface area contributed by atoms with Crippen LogP contribution in [0.1, 0.15) is 36.1 Å². The van der Waals surface area contributed by atoms with E-state index >= 15 is 0 Å². The van der Waals surface area contributed by atoms with E-state index < -0.39 is 11.9 Å². The smallest absolute Gasteiger partial charge is 0.338 e. The van der Waals surface area contributed by atoms with Crippen LogP contribution in [-0.4, -0.2) is 11.9 Å². The topological polar surface area (TPSA) is 52.6 Å². The van der Waals surface area contributed by atoms with Crippen LogP contribution < -0.4 is 9.47 Å². The first-order chi connectivity index (χ1) is 16.3. The second kappa shape index (κ2) is 11.2. The predicted molar refractivity (Wildman–Crippen MR) is 132 cm³/mol. The lowest BCUT2D eigenvalue weighted by Gasteiger charge is -2.05. The summed E-state index contributed by atoms with van der Waals surface area (Å²) in [6, 6.07) is 21.6. The minimum atomic E-state index is -0.489. The maximum absolute atomic E-state index is 11.8. The second-order valence-corrected chi connectivity index (χ2v) is 7.44. The number of benzene rings is 3. The van der Waals surface area contributed by atoms with Crippen molar-refractivity contribution in [3.63, 3.8) is 0 Å². The fraction of sp³-hybridized carbons (Fsp3) is 0.0667. The van der Waals surface area contributed by atoms with Gasteiger partial charge < -0.3 is 9.47 Å². The van der Waals surface area contributed by atoms with Crippen molar-refractivity contribution >= 4 is 11.9 Å². The van der Waals surface area contributed by atoms with Crippen LogP contribution in [-0.2, 0) is 9.59 Å². The van der Waals surface area contributed by atoms with E-state index in [-0.39, 0.29) is 0 Å². The fourth-order valence-electron chi connectivity index (χ4n) is 2.60. The first kappa shape index (κ1) is 23.9. The molecule has 0 fully saturated rings. The Hall–Kier alpha value is -4.80. The molecule has 0 aliphatic rings. The Morgan fingerprint density at radius 1 is 0.647 bits per heavy atom. The molecule has 4 heteroatoms. The molecular weight excluding hydrogens is 424 g/mol. The van der Waals surface area contributed by atoms with Gasteiger partial charge in [0.2, 0.25) is 0 Å². The lowest BCUT2D eigenvalue weighted by atomic mass is 10.1. The Labute approximate surface area is 199 Å². The zero-order valence-corrected chi connectivity index (χ0v) is 19.0. The number of hydrogen-bond acceptors (Lipinski definition) is 4. The van der Waals surface area contributed by atoms with E-state index in [9.17, 15) is 9.59 Å². The molecule has 0 spiro atoms. The molecule has 0 bridgehead atoms. The van der Waals surface area contributed by atoms with Gasteiger partial charge in [-0.2, -0.15) is 0 Å². The van der Waals surface area contributed by atoms with Gasteiger partial charge in [-0.05, 0) is 68.4 Å². The number of hydrogen-bond donors (Lipinski definition) is 0. The molecular formula is C30H22O4. The lowest BCUT2D eigenvalue weighted by molar-refractivity contribution is -0.130. The van der Waals surface area contributed by atoms with E-state index in [1.165, 1.54) is 0 Å². The Bertz CT molecular complexity index is 1390. The third-order valence-electron chi connectivity index (χ3n) is 4.41. The third kappa shape index (κ3) is 6.85. The Morgan fingerprint density at radius 3 is 1.85 bits per heavy atom. The van der Waals surface area contributed by atoms with Crippen molar-refractivity contribution in [1.29, 1.82) is 0 Å². The van der Waals surface area contributed by atoms with E-state index in [0.717, 1.165) is 16.7 Å². The number of carbonyl (C=O) groups excluding carboxylic acids is 2. The van der Waals surface area contributed by atoms with Gasteiger partial charge in [-0.15, -0.1) is 0 Å². The Kier molecular flexibility index (Phi) is 7.84. The molecule has 0 aliphatic carbocycles. The van der Waals surface area contributed by atoms with Crippen molar-refractivity contribution in [2.75, 3.05) is 0 Å². The van der Waals surface area contributed by atoms with Crippen LogP contribution in [0.25, 0.3) is 0 Å². The van der Waals surface area contributed by atoms with E-state index in [4.69, 9.17) is 9.47 Å². The molecule has 0 saturated heterocycles. The Balaban J connectivity index is 1.72. The number of para-hydroxylation sites is 1. The van der Waals surface area contributed by atoms with Gasteiger partial charge in [0.15, 0.2) is 0 Å². The highest BCUT2D eigenvalue weighted by Crippen LogP contribution is 2.18. The molecule has 34 heavy (non-hydrogen) atoms. The summed E-state index contributed by atoms with van der Waals surface area (Å²) in [5.74, 6) is 12.1. The van der Waals surface area contributed by atoms with Gasteiger partial charge in [0.05, 0.1) is 5.56 Å². The summed E-state index contributed by atoms with van der Waals surface area (Å²) in [4.78, 5) is 23.5. The summed E-state index contributed by atoms with van der Waals surface area (Å²) < 4.78 is 10.6. The molecule has 0 N–H and O–H groups in total. The van der Waals surface area contributed by atoms with Crippen LogP contribution >= 0.6 is 0 Å². The Morgan fingerprint density at radius 2 is 1.21 bits per heavy atom. The predicted octanol–water partition coefficient (Wildman–Crippen LogP) is 5.45. The molecule has 0 amide bonds. The minimum absolute atomic E-state index is 0.319. The molecule has 4 nitrogen and oxygen atoms in total. The summed E-state index contributed by atoms with van der Waals surface area (Å²) in [5, 5.41) is 0. The first-order valence-corrected chi connectivity index (χ1v) is 10.4. The minimum Gasteiger partial charge on any atom is -0.423 e. The summed E-state index contributed by atoms with van der Waals surface area (Å²) in [6.07, 6.45) is 0. The average Bonchev–Trinajstić information content (AvgIpc) is 2.83. The zero-order chi connectivity index (χ0) is 24.5. The molecule has 3 rings (SSSR count). The largest absolute Gasteiger partial charge is 0.423 e. The normalized spacial score (nSPS) is 9.47. The van der Waals surface area contributed by atoms with Crippen molar-refractivity contribution in [1.82, 2.24) is 0 Å². The second-order valence-electron chi connectivity index (χ2n) is 7.44. The van der Waals surface area contributed by atoms with Gasteiger partial charge in [0.1, 0.15) is 11.5 Å². The molecule has 3 aromatic carbocycles. The molecule has 3 aromatic rings. The van der Waals surface area contributed by atoms with Crippen molar-refractivity contribution in [2.45, 2.75) is 13.8 Å². The number of ether oxygens (including phenoxy) is 2. The maximum Gasteiger partial charge on any atom is 0.338 e. The fourth-order valence-corrected chi connectivity index (χ4v) is 2.60. The summed E-state index contributed by atoms with van der Waals surface area (Å²) in [5.41, 5.74) is 3.58. The summed E-state index contributed by atoms with van der Waals surface area (Å²) >= 11 is 0. The monoisotopic (exact) mass is 446 g/mol. The van der Waals surface area contributed by atoms with Gasteiger partial charge in [-0.1, -0.05) is 55.0 Å². The summed E-state index contributed by atoms with van der Waals surface area (Å²) in [7, 11) is 0. The van der Waals surface area contributed by atoms with E-state index in [1.54, 1.807) is 50.2 Å². The molecule has 0 heterocycles. The van der Waals surface area contributed by atoms with Crippen LogP contribution in [0.4, 0.5) is 0 Å². The van der Waals surface area contributed by atoms with Gasteiger partial charge in [0, 0.05) is 27.8 Å². The molecule has 0 unspecified atom stereocenters. The number of carbonyl (C=O) groups is 2. The van der Waals surface area contributed by atoms with Crippen LogP contribution in [0.3, 0.4) is 0 Å². The average molecular weight is 447 g/mol. The molecule has 166 valence electrons. The van der Waals surface area contributed by atoms with Gasteiger partial charge in [-0.3, -0.25) is 0 Å². The third-order valence-corrected chi connectivity index (χ3v) is 4.41. The molecule has 0 radical (unpaired) electrons. The highest BCUT2D eigenvalue weighted by molar-refractivity contribution is 5.89. The lowest BCUT2D eigenvalue weighted by Crippen LogP contribution is -2.09. The van der Waals surface area contributed by atoms with Crippen LogP contribution in [0.15, 0.2) is 97.1 Å². The molecule has 0 saturated carbocycles. The van der Waals surface area contributed by atoms with Gasteiger partial charge in [-0.25, -0.2) is 9.59 Å². The first-order valence-electron chi connectivity index (χ1n) is 10.4. The summed E-state index contributed by atoms with van der Waals surface area (Å²) in [6.45, 7) is 10.4. The van der Waals surface area contributed by atoms with Crippen molar-refractivity contribution in [3.8, 4) is 35.2 Å². The van der Waals surface area contributed by atoms with E-state index in [1.807, 2.05) is 36.4 Å². The SMILES string of the molecule is C=C(C)C(=O)Oc1cccc(C#Cc2ccc(C#Cc3ccccc3OC(=O)C(=C)C)cc2)c1. The molecule has 0 aliphatic heterocycles. The van der Waals surface area contributed by atoms with Crippen molar-refractivity contribution in [2.24, 2.45) is 0 Å².